The minimum absolute atomic E-state index is 0.133. The van der Waals surface area contributed by atoms with Crippen LogP contribution in [0.2, 0.25) is 0 Å². The molecule has 0 spiro atoms. The van der Waals surface area contributed by atoms with Gasteiger partial charge in [0.1, 0.15) is 35.2 Å². The third kappa shape index (κ3) is 3.39. The quantitative estimate of drug-likeness (QED) is 0.629. The second-order valence-corrected chi connectivity index (χ2v) is 6.41. The molecule has 0 radical (unpaired) electrons. The Bertz CT molecular complexity index is 980. The lowest BCUT2D eigenvalue weighted by Gasteiger charge is -2.11. The van der Waals surface area contributed by atoms with E-state index in [-0.39, 0.29) is 5.78 Å². The van der Waals surface area contributed by atoms with Gasteiger partial charge in [-0.15, -0.1) is 0 Å². The van der Waals surface area contributed by atoms with Gasteiger partial charge in [0.2, 0.25) is 5.78 Å². The van der Waals surface area contributed by atoms with E-state index in [1.165, 1.54) is 7.11 Å². The van der Waals surface area contributed by atoms with Crippen molar-refractivity contribution in [2.24, 2.45) is 0 Å². The summed E-state index contributed by atoms with van der Waals surface area (Å²) in [5.41, 5.74) is 2.25. The summed E-state index contributed by atoms with van der Waals surface area (Å²) in [4.78, 5) is 12.9. The lowest BCUT2D eigenvalue weighted by atomic mass is 10.0. The highest BCUT2D eigenvalue weighted by Crippen LogP contribution is 2.44. The van der Waals surface area contributed by atoms with Crippen LogP contribution in [0.1, 0.15) is 27.6 Å². The zero-order valence-corrected chi connectivity index (χ0v) is 15.7. The van der Waals surface area contributed by atoms with Crippen LogP contribution in [0.3, 0.4) is 0 Å². The fourth-order valence-corrected chi connectivity index (χ4v) is 3.20. The SMILES string of the molecule is COc1ccc(C2Oc3cc(OCc4ccccc4)cc(OC)c3C2=O)cc1. The molecule has 1 aliphatic rings. The number of hydrogen-bond acceptors (Lipinski definition) is 5. The van der Waals surface area contributed by atoms with Crippen LogP contribution in [0.15, 0.2) is 66.7 Å². The minimum atomic E-state index is -0.709. The van der Waals surface area contributed by atoms with Crippen LogP contribution < -0.4 is 18.9 Å². The molecule has 28 heavy (non-hydrogen) atoms. The predicted octanol–water partition coefficient (Wildman–Crippen LogP) is 4.60. The third-order valence-corrected chi connectivity index (χ3v) is 4.66. The molecule has 142 valence electrons. The molecule has 0 saturated heterocycles. The number of fused-ring (bicyclic) bond motifs is 1. The smallest absolute Gasteiger partial charge is 0.215 e. The first kappa shape index (κ1) is 17.9. The first-order chi connectivity index (χ1) is 13.7. The highest BCUT2D eigenvalue weighted by atomic mass is 16.5. The summed E-state index contributed by atoms with van der Waals surface area (Å²) in [6, 6.07) is 20.6. The number of rotatable bonds is 6. The van der Waals surface area contributed by atoms with Gasteiger partial charge in [-0.3, -0.25) is 4.79 Å². The van der Waals surface area contributed by atoms with Gasteiger partial charge in [0.25, 0.3) is 0 Å². The van der Waals surface area contributed by atoms with E-state index in [4.69, 9.17) is 18.9 Å². The van der Waals surface area contributed by atoms with E-state index in [0.717, 1.165) is 16.9 Å². The fraction of sp³-hybridized carbons (Fsp3) is 0.174. The van der Waals surface area contributed by atoms with Crippen LogP contribution >= 0.6 is 0 Å². The molecule has 0 N–H and O–H groups in total. The molecule has 5 heteroatoms. The van der Waals surface area contributed by atoms with Gasteiger partial charge in [0.05, 0.1) is 14.2 Å². The van der Waals surface area contributed by atoms with Crippen LogP contribution in [0.4, 0.5) is 0 Å². The number of hydrogen-bond donors (Lipinski definition) is 0. The van der Waals surface area contributed by atoms with Gasteiger partial charge in [-0.05, 0) is 17.7 Å². The average Bonchev–Trinajstić information content (AvgIpc) is 3.09. The highest BCUT2D eigenvalue weighted by molar-refractivity contribution is 6.07. The van der Waals surface area contributed by atoms with Gasteiger partial charge in [0, 0.05) is 17.7 Å². The Kier molecular flexibility index (Phi) is 4.89. The second kappa shape index (κ2) is 7.64. The van der Waals surface area contributed by atoms with E-state index in [2.05, 4.69) is 0 Å². The zero-order valence-electron chi connectivity index (χ0n) is 15.7. The molecule has 0 amide bonds. The number of carbonyl (C=O) groups is 1. The van der Waals surface area contributed by atoms with Gasteiger partial charge in [-0.2, -0.15) is 0 Å². The monoisotopic (exact) mass is 376 g/mol. The third-order valence-electron chi connectivity index (χ3n) is 4.66. The van der Waals surface area contributed by atoms with Crippen molar-refractivity contribution >= 4 is 5.78 Å². The van der Waals surface area contributed by atoms with Crippen molar-refractivity contribution in [1.82, 2.24) is 0 Å². The van der Waals surface area contributed by atoms with E-state index >= 15 is 0 Å². The van der Waals surface area contributed by atoms with Crippen LogP contribution in [0.5, 0.6) is 23.0 Å². The molecule has 0 bridgehead atoms. The average molecular weight is 376 g/mol. The summed E-state index contributed by atoms with van der Waals surface area (Å²) in [6.45, 7) is 0.415. The van der Waals surface area contributed by atoms with E-state index < -0.39 is 6.10 Å². The van der Waals surface area contributed by atoms with E-state index in [9.17, 15) is 4.79 Å². The highest BCUT2D eigenvalue weighted by Gasteiger charge is 2.37. The molecule has 1 unspecified atom stereocenters. The Morgan fingerprint density at radius 1 is 0.893 bits per heavy atom. The van der Waals surface area contributed by atoms with Crippen molar-refractivity contribution in [3.63, 3.8) is 0 Å². The Hall–Kier alpha value is -3.47. The van der Waals surface area contributed by atoms with E-state index in [1.54, 1.807) is 31.4 Å². The molecule has 4 rings (SSSR count). The number of benzene rings is 3. The molecule has 0 fully saturated rings. The number of Topliss-reactive ketones (excluding diaryl/α,β-unsaturated/α-hetero) is 1. The second-order valence-electron chi connectivity index (χ2n) is 6.41. The van der Waals surface area contributed by atoms with Crippen LogP contribution in [0, 0.1) is 0 Å². The van der Waals surface area contributed by atoms with Crippen molar-refractivity contribution in [2.75, 3.05) is 14.2 Å². The molecule has 1 aliphatic heterocycles. The van der Waals surface area contributed by atoms with Crippen molar-refractivity contribution in [2.45, 2.75) is 12.7 Å². The largest absolute Gasteiger partial charge is 0.497 e. The minimum Gasteiger partial charge on any atom is -0.497 e. The molecular weight excluding hydrogens is 356 g/mol. The topological polar surface area (TPSA) is 54.0 Å². The Labute approximate surface area is 163 Å². The van der Waals surface area contributed by atoms with Gasteiger partial charge >= 0.3 is 0 Å². The summed E-state index contributed by atoms with van der Waals surface area (Å²) in [5, 5.41) is 0. The summed E-state index contributed by atoms with van der Waals surface area (Å²) >= 11 is 0. The summed E-state index contributed by atoms with van der Waals surface area (Å²) < 4.78 is 22.5. The van der Waals surface area contributed by atoms with Crippen molar-refractivity contribution in [1.29, 1.82) is 0 Å². The lowest BCUT2D eigenvalue weighted by Crippen LogP contribution is -2.11. The maximum Gasteiger partial charge on any atom is 0.215 e. The van der Waals surface area contributed by atoms with Gasteiger partial charge in [0.15, 0.2) is 6.10 Å². The molecular formula is C23H20O5. The van der Waals surface area contributed by atoms with E-state index in [1.807, 2.05) is 42.5 Å². The van der Waals surface area contributed by atoms with Crippen LogP contribution in [-0.2, 0) is 6.61 Å². The maximum atomic E-state index is 12.9. The Balaban J connectivity index is 1.59. The lowest BCUT2D eigenvalue weighted by molar-refractivity contribution is 0.0856. The first-order valence-electron chi connectivity index (χ1n) is 8.93. The Morgan fingerprint density at radius 3 is 2.32 bits per heavy atom. The van der Waals surface area contributed by atoms with Crippen molar-refractivity contribution in [3.8, 4) is 23.0 Å². The molecule has 5 nitrogen and oxygen atoms in total. The fourth-order valence-electron chi connectivity index (χ4n) is 3.20. The zero-order chi connectivity index (χ0) is 19.5. The summed E-state index contributed by atoms with van der Waals surface area (Å²) in [5.74, 6) is 2.09. The molecule has 0 aliphatic carbocycles. The molecule has 3 aromatic carbocycles. The van der Waals surface area contributed by atoms with Gasteiger partial charge in [-0.25, -0.2) is 0 Å². The number of carbonyl (C=O) groups excluding carboxylic acids is 1. The molecule has 0 saturated carbocycles. The predicted molar refractivity (Wildman–Crippen MR) is 104 cm³/mol. The van der Waals surface area contributed by atoms with Gasteiger partial charge < -0.3 is 18.9 Å². The van der Waals surface area contributed by atoms with E-state index in [0.29, 0.717) is 29.4 Å². The van der Waals surface area contributed by atoms with Crippen LogP contribution in [0.25, 0.3) is 0 Å². The number of ether oxygens (including phenoxy) is 4. The summed E-state index contributed by atoms with van der Waals surface area (Å²) in [7, 11) is 3.13. The Morgan fingerprint density at radius 2 is 1.64 bits per heavy atom. The van der Waals surface area contributed by atoms with Crippen molar-refractivity contribution in [3.05, 3.63) is 83.4 Å². The number of ketones is 1. The first-order valence-corrected chi connectivity index (χ1v) is 8.93. The summed E-state index contributed by atoms with van der Waals surface area (Å²) in [6.07, 6.45) is -0.709. The molecule has 0 aromatic heterocycles. The van der Waals surface area contributed by atoms with Gasteiger partial charge in [-0.1, -0.05) is 42.5 Å². The molecule has 1 atom stereocenters. The maximum absolute atomic E-state index is 12.9. The molecule has 3 aromatic rings. The van der Waals surface area contributed by atoms with Crippen LogP contribution in [-0.4, -0.2) is 20.0 Å². The van der Waals surface area contributed by atoms with Crippen molar-refractivity contribution < 1.29 is 23.7 Å². The normalized spacial score (nSPS) is 14.9. The molecule has 1 heterocycles. The number of methoxy groups -OCH3 is 2. The standard InChI is InChI=1S/C23H20O5/c1-25-17-10-8-16(9-11-17)23-22(24)21-19(26-2)12-18(13-20(21)28-23)27-14-15-6-4-3-5-7-15/h3-13,23H,14H2,1-2H3.